The lowest BCUT2D eigenvalue weighted by Crippen LogP contribution is -2.35. The molecule has 0 aromatic heterocycles. The summed E-state index contributed by atoms with van der Waals surface area (Å²) in [4.78, 5) is 2.12. The molecule has 0 unspecified atom stereocenters. The Balaban J connectivity index is 2.19. The summed E-state index contributed by atoms with van der Waals surface area (Å²) in [6.45, 7) is 5.28. The van der Waals surface area contributed by atoms with E-state index in [0.29, 0.717) is 26.2 Å². The summed E-state index contributed by atoms with van der Waals surface area (Å²) in [6.07, 6.45) is -3.66. The van der Waals surface area contributed by atoms with Gasteiger partial charge in [0.1, 0.15) is 0 Å². The third-order valence-electron chi connectivity index (χ3n) is 3.30. The molecule has 0 radical (unpaired) electrons. The van der Waals surface area contributed by atoms with Gasteiger partial charge in [-0.2, -0.15) is 13.2 Å². The minimum Gasteiger partial charge on any atom is -0.379 e. The predicted octanol–water partition coefficient (Wildman–Crippen LogP) is 3.10. The molecule has 1 saturated heterocycles. The zero-order valence-electron chi connectivity index (χ0n) is 11.0. The largest absolute Gasteiger partial charge is 0.416 e. The normalized spacial score (nSPS) is 17.7. The zero-order chi connectivity index (χ0) is 13.9. The first-order valence-electron chi connectivity index (χ1n) is 6.49. The van der Waals surface area contributed by atoms with Gasteiger partial charge in [0.05, 0.1) is 18.8 Å². The lowest BCUT2D eigenvalue weighted by atomic mass is 10.0. The average molecular weight is 273 g/mol. The first kappa shape index (κ1) is 14.3. The Morgan fingerprint density at radius 3 is 2.32 bits per heavy atom. The van der Waals surface area contributed by atoms with E-state index in [2.05, 4.69) is 4.90 Å². The molecule has 1 aliphatic rings. The fourth-order valence-electron chi connectivity index (χ4n) is 2.24. The van der Waals surface area contributed by atoms with E-state index >= 15 is 0 Å². The molecule has 0 aliphatic carbocycles. The molecular formula is C14H18F3NO. The Hall–Kier alpha value is -1.07. The Morgan fingerprint density at radius 2 is 1.74 bits per heavy atom. The lowest BCUT2D eigenvalue weighted by molar-refractivity contribution is -0.137. The quantitative estimate of drug-likeness (QED) is 0.839. The molecule has 0 saturated carbocycles. The summed E-state index contributed by atoms with van der Waals surface area (Å²) < 4.78 is 43.7. The molecule has 19 heavy (non-hydrogen) atoms. The summed E-state index contributed by atoms with van der Waals surface area (Å²) in [5.41, 5.74) is 0.918. The first-order valence-corrected chi connectivity index (χ1v) is 6.49. The van der Waals surface area contributed by atoms with Crippen LogP contribution in [0.1, 0.15) is 23.6 Å². The van der Waals surface area contributed by atoms with Crippen LogP contribution >= 0.6 is 0 Å². The number of nitrogens with zero attached hydrogens (tertiary/aromatic N) is 1. The summed E-state index contributed by atoms with van der Waals surface area (Å²) >= 11 is 0. The number of rotatable bonds is 3. The third-order valence-corrected chi connectivity index (χ3v) is 3.30. The number of ether oxygens (including phenoxy) is 1. The van der Waals surface area contributed by atoms with Gasteiger partial charge in [-0.25, -0.2) is 0 Å². The van der Waals surface area contributed by atoms with E-state index in [1.807, 2.05) is 13.0 Å². The van der Waals surface area contributed by atoms with Crippen molar-refractivity contribution in [3.05, 3.63) is 34.9 Å². The molecule has 0 atom stereocenters. The average Bonchev–Trinajstić information content (AvgIpc) is 2.38. The standard InChI is InChI=1S/C14H18F3NO/c1-2-11-7-12(9-13(8-11)14(15,16)17)10-18-3-5-19-6-4-18/h7-9H,2-6,10H2,1H3. The minimum absolute atomic E-state index is 0.546. The number of hydrogen-bond donors (Lipinski definition) is 0. The molecule has 5 heteroatoms. The van der Waals surface area contributed by atoms with Crippen LogP contribution in [-0.2, 0) is 23.9 Å². The Kier molecular flexibility index (Phi) is 4.47. The number of alkyl halides is 3. The van der Waals surface area contributed by atoms with Crippen molar-refractivity contribution in [2.24, 2.45) is 0 Å². The summed E-state index contributed by atoms with van der Waals surface area (Å²) in [6, 6.07) is 4.36. The van der Waals surface area contributed by atoms with Crippen molar-refractivity contribution in [2.75, 3.05) is 26.3 Å². The van der Waals surface area contributed by atoms with Crippen LogP contribution < -0.4 is 0 Å². The van der Waals surface area contributed by atoms with Gasteiger partial charge < -0.3 is 4.74 Å². The monoisotopic (exact) mass is 273 g/mol. The highest BCUT2D eigenvalue weighted by atomic mass is 19.4. The van der Waals surface area contributed by atoms with E-state index < -0.39 is 11.7 Å². The van der Waals surface area contributed by atoms with Gasteiger partial charge in [-0.05, 0) is 29.7 Å². The van der Waals surface area contributed by atoms with Gasteiger partial charge in [-0.15, -0.1) is 0 Å². The van der Waals surface area contributed by atoms with Crippen molar-refractivity contribution in [3.63, 3.8) is 0 Å². The Morgan fingerprint density at radius 1 is 1.11 bits per heavy atom. The highest BCUT2D eigenvalue weighted by Crippen LogP contribution is 2.31. The van der Waals surface area contributed by atoms with Gasteiger partial charge in [0.15, 0.2) is 0 Å². The maximum Gasteiger partial charge on any atom is 0.416 e. The Bertz CT molecular complexity index is 425. The minimum atomic E-state index is -4.27. The number of aryl methyl sites for hydroxylation is 1. The van der Waals surface area contributed by atoms with Gasteiger partial charge >= 0.3 is 6.18 Å². The molecule has 0 N–H and O–H groups in total. The van der Waals surface area contributed by atoms with E-state index in [1.165, 1.54) is 12.1 Å². The number of benzene rings is 1. The molecule has 1 aromatic rings. The van der Waals surface area contributed by atoms with Crippen LogP contribution in [0.25, 0.3) is 0 Å². The van der Waals surface area contributed by atoms with Crippen LogP contribution in [0, 0.1) is 0 Å². The maximum absolute atomic E-state index is 12.8. The molecule has 0 spiro atoms. The summed E-state index contributed by atoms with van der Waals surface area (Å²) in [7, 11) is 0. The van der Waals surface area contributed by atoms with Crippen LogP contribution in [0.5, 0.6) is 0 Å². The van der Waals surface area contributed by atoms with Gasteiger partial charge in [0, 0.05) is 19.6 Å². The van der Waals surface area contributed by atoms with E-state index in [-0.39, 0.29) is 0 Å². The highest BCUT2D eigenvalue weighted by molar-refractivity contribution is 5.32. The first-order chi connectivity index (χ1) is 8.99. The van der Waals surface area contributed by atoms with Crippen molar-refractivity contribution < 1.29 is 17.9 Å². The molecule has 0 amide bonds. The van der Waals surface area contributed by atoms with Gasteiger partial charge in [0.2, 0.25) is 0 Å². The van der Waals surface area contributed by atoms with Crippen LogP contribution in [-0.4, -0.2) is 31.2 Å². The van der Waals surface area contributed by atoms with E-state index in [4.69, 9.17) is 4.74 Å². The Labute approximate surface area is 111 Å². The summed E-state index contributed by atoms with van der Waals surface area (Å²) in [5.74, 6) is 0. The van der Waals surface area contributed by atoms with Crippen LogP contribution in [0.2, 0.25) is 0 Å². The second-order valence-electron chi connectivity index (χ2n) is 4.78. The second-order valence-corrected chi connectivity index (χ2v) is 4.78. The SMILES string of the molecule is CCc1cc(CN2CCOCC2)cc(C(F)(F)F)c1. The topological polar surface area (TPSA) is 12.5 Å². The van der Waals surface area contributed by atoms with Crippen molar-refractivity contribution in [1.29, 1.82) is 0 Å². The molecule has 2 nitrogen and oxygen atoms in total. The molecule has 1 heterocycles. The predicted molar refractivity (Wildman–Crippen MR) is 66.9 cm³/mol. The fraction of sp³-hybridized carbons (Fsp3) is 0.571. The van der Waals surface area contributed by atoms with Gasteiger partial charge in [-0.1, -0.05) is 13.0 Å². The molecule has 1 fully saturated rings. The molecule has 2 rings (SSSR count). The smallest absolute Gasteiger partial charge is 0.379 e. The van der Waals surface area contributed by atoms with Gasteiger partial charge in [-0.3, -0.25) is 4.90 Å². The fourth-order valence-corrected chi connectivity index (χ4v) is 2.24. The lowest BCUT2D eigenvalue weighted by Gasteiger charge is -2.27. The van der Waals surface area contributed by atoms with E-state index in [0.717, 1.165) is 24.2 Å². The van der Waals surface area contributed by atoms with Crippen molar-refractivity contribution >= 4 is 0 Å². The van der Waals surface area contributed by atoms with Gasteiger partial charge in [0.25, 0.3) is 0 Å². The highest BCUT2D eigenvalue weighted by Gasteiger charge is 2.31. The third kappa shape index (κ3) is 3.94. The van der Waals surface area contributed by atoms with E-state index in [1.54, 1.807) is 0 Å². The van der Waals surface area contributed by atoms with Crippen LogP contribution in [0.3, 0.4) is 0 Å². The van der Waals surface area contributed by atoms with Crippen molar-refractivity contribution in [2.45, 2.75) is 26.1 Å². The molecule has 1 aliphatic heterocycles. The molecule has 106 valence electrons. The van der Waals surface area contributed by atoms with Crippen molar-refractivity contribution in [3.8, 4) is 0 Å². The second kappa shape index (κ2) is 5.92. The molecule has 0 bridgehead atoms. The van der Waals surface area contributed by atoms with Crippen molar-refractivity contribution in [1.82, 2.24) is 4.90 Å². The summed E-state index contributed by atoms with van der Waals surface area (Å²) in [5, 5.41) is 0. The zero-order valence-corrected chi connectivity index (χ0v) is 11.0. The number of morpholine rings is 1. The van der Waals surface area contributed by atoms with Crippen LogP contribution in [0.15, 0.2) is 18.2 Å². The van der Waals surface area contributed by atoms with Crippen LogP contribution in [0.4, 0.5) is 13.2 Å². The van der Waals surface area contributed by atoms with E-state index in [9.17, 15) is 13.2 Å². The molecule has 1 aromatic carbocycles. The number of halogens is 3. The molecular weight excluding hydrogens is 255 g/mol. The number of hydrogen-bond acceptors (Lipinski definition) is 2. The maximum atomic E-state index is 12.8.